The number of likely N-dealkylation sites (N-methyl/N-ethyl adjacent to an activating group) is 1. The predicted molar refractivity (Wildman–Crippen MR) is 82.7 cm³/mol. The van der Waals surface area contributed by atoms with Crippen LogP contribution < -0.4 is 5.32 Å². The molecule has 2 rings (SSSR count). The maximum atomic E-state index is 13.3. The van der Waals surface area contributed by atoms with Gasteiger partial charge in [0.25, 0.3) is 0 Å². The molecule has 0 aliphatic carbocycles. The smallest absolute Gasteiger partial charge is 0.123 e. The van der Waals surface area contributed by atoms with Gasteiger partial charge in [0.15, 0.2) is 0 Å². The van der Waals surface area contributed by atoms with Crippen LogP contribution in [0.15, 0.2) is 42.5 Å². The molecule has 0 fully saturated rings. The zero-order valence-corrected chi connectivity index (χ0v) is 12.5. The molecule has 1 atom stereocenters. The van der Waals surface area contributed by atoms with Gasteiger partial charge in [0, 0.05) is 11.1 Å². The van der Waals surface area contributed by atoms with E-state index in [9.17, 15) is 4.39 Å². The molecule has 3 heteroatoms. The Morgan fingerprint density at radius 2 is 2.00 bits per heavy atom. The lowest BCUT2D eigenvalue weighted by Crippen LogP contribution is -2.23. The number of hydrogen-bond acceptors (Lipinski definition) is 1. The van der Waals surface area contributed by atoms with E-state index in [1.54, 1.807) is 12.1 Å². The van der Waals surface area contributed by atoms with Crippen LogP contribution in [0, 0.1) is 12.7 Å². The zero-order chi connectivity index (χ0) is 14.5. The van der Waals surface area contributed by atoms with Crippen LogP contribution >= 0.6 is 11.6 Å². The summed E-state index contributed by atoms with van der Waals surface area (Å²) in [5, 5.41) is 4.22. The largest absolute Gasteiger partial charge is 0.310 e. The molecule has 0 aliphatic heterocycles. The second-order valence-electron chi connectivity index (χ2n) is 4.95. The molecule has 0 aliphatic rings. The van der Waals surface area contributed by atoms with Crippen LogP contribution in [-0.2, 0) is 6.42 Å². The van der Waals surface area contributed by atoms with E-state index in [2.05, 4.69) is 18.3 Å². The Kier molecular flexibility index (Phi) is 5.16. The minimum atomic E-state index is -0.190. The number of aryl methyl sites for hydroxylation is 1. The van der Waals surface area contributed by atoms with Crippen molar-refractivity contribution in [3.63, 3.8) is 0 Å². The number of hydrogen-bond donors (Lipinski definition) is 1. The number of rotatable bonds is 5. The molecule has 0 radical (unpaired) electrons. The van der Waals surface area contributed by atoms with E-state index in [0.717, 1.165) is 29.1 Å². The minimum Gasteiger partial charge on any atom is -0.310 e. The monoisotopic (exact) mass is 291 g/mol. The van der Waals surface area contributed by atoms with Crippen molar-refractivity contribution in [3.05, 3.63) is 70.0 Å². The third-order valence-corrected chi connectivity index (χ3v) is 3.79. The molecule has 106 valence electrons. The molecule has 0 heterocycles. The Labute approximate surface area is 124 Å². The normalized spacial score (nSPS) is 12.4. The Morgan fingerprint density at radius 1 is 1.20 bits per heavy atom. The van der Waals surface area contributed by atoms with Gasteiger partial charge < -0.3 is 5.32 Å². The standard InChI is InChI=1S/C17H19ClFN/c1-3-20-17(11-13-5-4-6-15(19)10-13)14-7-8-16(18)12(2)9-14/h4-10,17,20H,3,11H2,1-2H3. The quantitative estimate of drug-likeness (QED) is 0.843. The van der Waals surface area contributed by atoms with Crippen molar-refractivity contribution in [2.75, 3.05) is 6.54 Å². The van der Waals surface area contributed by atoms with Crippen molar-refractivity contribution in [1.82, 2.24) is 5.32 Å². The zero-order valence-electron chi connectivity index (χ0n) is 11.8. The van der Waals surface area contributed by atoms with Gasteiger partial charge in [-0.15, -0.1) is 0 Å². The third kappa shape index (κ3) is 3.81. The molecule has 20 heavy (non-hydrogen) atoms. The van der Waals surface area contributed by atoms with Crippen molar-refractivity contribution in [3.8, 4) is 0 Å². The first-order chi connectivity index (χ1) is 9.60. The van der Waals surface area contributed by atoms with Crippen molar-refractivity contribution >= 4 is 11.6 Å². The number of benzene rings is 2. The van der Waals surface area contributed by atoms with Gasteiger partial charge >= 0.3 is 0 Å². The second kappa shape index (κ2) is 6.87. The molecule has 2 aromatic rings. The lowest BCUT2D eigenvalue weighted by Gasteiger charge is -2.19. The molecule has 0 saturated carbocycles. The van der Waals surface area contributed by atoms with Gasteiger partial charge in [0.2, 0.25) is 0 Å². The lowest BCUT2D eigenvalue weighted by molar-refractivity contribution is 0.546. The first-order valence-electron chi connectivity index (χ1n) is 6.84. The molecular weight excluding hydrogens is 273 g/mol. The average molecular weight is 292 g/mol. The van der Waals surface area contributed by atoms with Gasteiger partial charge in [-0.05, 0) is 54.8 Å². The van der Waals surface area contributed by atoms with Crippen LogP contribution in [0.4, 0.5) is 4.39 Å². The van der Waals surface area contributed by atoms with E-state index in [0.29, 0.717) is 0 Å². The van der Waals surface area contributed by atoms with Crippen LogP contribution in [0.5, 0.6) is 0 Å². The highest BCUT2D eigenvalue weighted by Crippen LogP contribution is 2.23. The molecule has 1 nitrogen and oxygen atoms in total. The molecule has 0 amide bonds. The summed E-state index contributed by atoms with van der Waals surface area (Å²) in [5.41, 5.74) is 3.23. The Balaban J connectivity index is 2.24. The highest BCUT2D eigenvalue weighted by atomic mass is 35.5. The van der Waals surface area contributed by atoms with Crippen LogP contribution in [0.2, 0.25) is 5.02 Å². The van der Waals surface area contributed by atoms with E-state index in [1.165, 1.54) is 11.6 Å². The van der Waals surface area contributed by atoms with Crippen LogP contribution in [0.3, 0.4) is 0 Å². The summed E-state index contributed by atoms with van der Waals surface area (Å²) in [6, 6.07) is 13.0. The Morgan fingerprint density at radius 3 is 2.65 bits per heavy atom. The molecule has 1 N–H and O–H groups in total. The SMILES string of the molecule is CCNC(Cc1cccc(F)c1)c1ccc(Cl)c(C)c1. The fourth-order valence-corrected chi connectivity index (χ4v) is 2.46. The summed E-state index contributed by atoms with van der Waals surface area (Å²) in [4.78, 5) is 0. The molecule has 0 aromatic heterocycles. The van der Waals surface area contributed by atoms with Gasteiger partial charge in [0.05, 0.1) is 0 Å². The van der Waals surface area contributed by atoms with Crippen LogP contribution in [0.1, 0.15) is 29.7 Å². The first-order valence-corrected chi connectivity index (χ1v) is 7.22. The highest BCUT2D eigenvalue weighted by Gasteiger charge is 2.12. The van der Waals surface area contributed by atoms with Gasteiger partial charge in [-0.1, -0.05) is 42.8 Å². The molecule has 0 bridgehead atoms. The summed E-state index contributed by atoms with van der Waals surface area (Å²) in [5.74, 6) is -0.190. The minimum absolute atomic E-state index is 0.165. The van der Waals surface area contributed by atoms with Crippen molar-refractivity contribution in [2.45, 2.75) is 26.3 Å². The topological polar surface area (TPSA) is 12.0 Å². The van der Waals surface area contributed by atoms with Gasteiger partial charge in [0.1, 0.15) is 5.82 Å². The van der Waals surface area contributed by atoms with Crippen molar-refractivity contribution in [1.29, 1.82) is 0 Å². The molecule has 0 saturated heterocycles. The van der Waals surface area contributed by atoms with Gasteiger partial charge in [-0.3, -0.25) is 0 Å². The van der Waals surface area contributed by atoms with Gasteiger partial charge in [-0.2, -0.15) is 0 Å². The summed E-state index contributed by atoms with van der Waals surface area (Å²) in [7, 11) is 0. The van der Waals surface area contributed by atoms with E-state index < -0.39 is 0 Å². The predicted octanol–water partition coefficient (Wildman–Crippen LogP) is 4.68. The summed E-state index contributed by atoms with van der Waals surface area (Å²) < 4.78 is 13.3. The summed E-state index contributed by atoms with van der Waals surface area (Å²) in [6.07, 6.45) is 0.757. The van der Waals surface area contributed by atoms with E-state index in [1.807, 2.05) is 25.1 Å². The Hall–Kier alpha value is -1.38. The lowest BCUT2D eigenvalue weighted by atomic mass is 9.97. The van der Waals surface area contributed by atoms with E-state index >= 15 is 0 Å². The van der Waals surface area contributed by atoms with Gasteiger partial charge in [-0.25, -0.2) is 4.39 Å². The van der Waals surface area contributed by atoms with Crippen molar-refractivity contribution in [2.24, 2.45) is 0 Å². The van der Waals surface area contributed by atoms with E-state index in [-0.39, 0.29) is 11.9 Å². The average Bonchev–Trinajstić information content (AvgIpc) is 2.41. The third-order valence-electron chi connectivity index (χ3n) is 3.36. The maximum Gasteiger partial charge on any atom is 0.123 e. The van der Waals surface area contributed by atoms with Crippen molar-refractivity contribution < 1.29 is 4.39 Å². The first kappa shape index (κ1) is 15.0. The number of halogens is 2. The maximum absolute atomic E-state index is 13.3. The fraction of sp³-hybridized carbons (Fsp3) is 0.294. The molecule has 1 unspecified atom stereocenters. The highest BCUT2D eigenvalue weighted by molar-refractivity contribution is 6.31. The molecular formula is C17H19ClFN. The van der Waals surface area contributed by atoms with E-state index in [4.69, 9.17) is 11.6 Å². The van der Waals surface area contributed by atoms with Crippen LogP contribution in [-0.4, -0.2) is 6.54 Å². The second-order valence-corrected chi connectivity index (χ2v) is 5.36. The fourth-order valence-electron chi connectivity index (χ4n) is 2.34. The van der Waals surface area contributed by atoms with Crippen LogP contribution in [0.25, 0.3) is 0 Å². The Bertz CT molecular complexity index is 583. The molecule has 0 spiro atoms. The number of nitrogens with one attached hydrogen (secondary N) is 1. The summed E-state index contributed by atoms with van der Waals surface area (Å²) in [6.45, 7) is 4.93. The summed E-state index contributed by atoms with van der Waals surface area (Å²) >= 11 is 6.07. The molecule has 2 aromatic carbocycles.